The van der Waals surface area contributed by atoms with E-state index in [2.05, 4.69) is 5.32 Å². The van der Waals surface area contributed by atoms with Crippen molar-refractivity contribution in [2.45, 2.75) is 43.5 Å². The molecule has 1 aromatic heterocycles. The number of carbonyl (C=O) groups excluding carboxylic acids is 1. The van der Waals surface area contributed by atoms with Gasteiger partial charge >= 0.3 is 0 Å². The molecule has 0 spiro atoms. The first kappa shape index (κ1) is 19.4. The van der Waals surface area contributed by atoms with Crippen LogP contribution in [0.4, 0.5) is 5.69 Å². The summed E-state index contributed by atoms with van der Waals surface area (Å²) in [4.78, 5) is 12.2. The van der Waals surface area contributed by atoms with Gasteiger partial charge in [0.25, 0.3) is 0 Å². The zero-order valence-electron chi connectivity index (χ0n) is 15.3. The van der Waals surface area contributed by atoms with Crippen molar-refractivity contribution in [3.63, 3.8) is 0 Å². The Kier molecular flexibility index (Phi) is 6.13. The summed E-state index contributed by atoms with van der Waals surface area (Å²) < 4.78 is 32.6. The fraction of sp³-hybridized carbons (Fsp3) is 0.350. The minimum Gasteiger partial charge on any atom is -0.465 e. The average molecular weight is 388 g/mol. The van der Waals surface area contributed by atoms with Gasteiger partial charge in [0, 0.05) is 24.4 Å². The molecule has 0 unspecified atom stereocenters. The molecule has 0 saturated carbocycles. The highest BCUT2D eigenvalue weighted by Gasteiger charge is 2.32. The smallest absolute Gasteiger partial charge is 0.248 e. The molecule has 1 amide bonds. The van der Waals surface area contributed by atoms with Crippen molar-refractivity contribution in [2.24, 2.45) is 0 Å². The number of benzene rings is 1. The molecule has 3 rings (SSSR count). The summed E-state index contributed by atoms with van der Waals surface area (Å²) in [6.45, 7) is 2.59. The molecule has 1 N–H and O–H groups in total. The van der Waals surface area contributed by atoms with Crippen LogP contribution in [0.3, 0.4) is 0 Å². The fourth-order valence-electron chi connectivity index (χ4n) is 3.27. The SMILES string of the molecule is CC[C@@H]1CCCCN1S(=O)(=O)c1ccc(NC(=O)/C=C/c2ccco2)cc1. The molecule has 6 nitrogen and oxygen atoms in total. The predicted octanol–water partition coefficient (Wildman–Crippen LogP) is 3.88. The van der Waals surface area contributed by atoms with Crippen LogP contribution < -0.4 is 5.32 Å². The molecule has 2 heterocycles. The summed E-state index contributed by atoms with van der Waals surface area (Å²) in [7, 11) is -3.51. The second-order valence-electron chi connectivity index (χ2n) is 6.54. The van der Waals surface area contributed by atoms with E-state index < -0.39 is 10.0 Å². The van der Waals surface area contributed by atoms with Crippen molar-refractivity contribution in [3.05, 3.63) is 54.5 Å². The van der Waals surface area contributed by atoms with Crippen molar-refractivity contribution in [2.75, 3.05) is 11.9 Å². The molecular weight excluding hydrogens is 364 g/mol. The first-order valence-corrected chi connectivity index (χ1v) is 10.6. The van der Waals surface area contributed by atoms with Gasteiger partial charge < -0.3 is 9.73 Å². The van der Waals surface area contributed by atoms with Gasteiger partial charge in [0.05, 0.1) is 11.2 Å². The lowest BCUT2D eigenvalue weighted by Crippen LogP contribution is -2.43. The van der Waals surface area contributed by atoms with E-state index in [1.165, 1.54) is 12.3 Å². The van der Waals surface area contributed by atoms with Crippen molar-refractivity contribution in [3.8, 4) is 0 Å². The van der Waals surface area contributed by atoms with E-state index in [4.69, 9.17) is 4.42 Å². The van der Waals surface area contributed by atoms with Crippen LogP contribution in [0, 0.1) is 0 Å². The van der Waals surface area contributed by atoms with Crippen LogP contribution in [0.15, 0.2) is 58.1 Å². The van der Waals surface area contributed by atoms with Crippen LogP contribution in [-0.4, -0.2) is 31.2 Å². The molecule has 0 bridgehead atoms. The van der Waals surface area contributed by atoms with Gasteiger partial charge in [0.1, 0.15) is 5.76 Å². The highest BCUT2D eigenvalue weighted by molar-refractivity contribution is 7.89. The van der Waals surface area contributed by atoms with E-state index >= 15 is 0 Å². The number of piperidine rings is 1. The Labute approximate surface area is 159 Å². The van der Waals surface area contributed by atoms with Gasteiger partial charge in [-0.3, -0.25) is 4.79 Å². The third-order valence-electron chi connectivity index (χ3n) is 4.71. The summed E-state index contributed by atoms with van der Waals surface area (Å²) in [6, 6.07) is 9.85. The van der Waals surface area contributed by atoms with E-state index in [0.717, 1.165) is 25.7 Å². The molecule has 1 aliphatic heterocycles. The normalized spacial score (nSPS) is 18.6. The lowest BCUT2D eigenvalue weighted by Gasteiger charge is -2.34. The molecular formula is C20H24N2O4S. The lowest BCUT2D eigenvalue weighted by molar-refractivity contribution is -0.111. The number of hydrogen-bond donors (Lipinski definition) is 1. The molecule has 7 heteroatoms. The summed E-state index contributed by atoms with van der Waals surface area (Å²) in [6.07, 6.45) is 8.15. The molecule has 1 saturated heterocycles. The molecule has 1 aromatic carbocycles. The van der Waals surface area contributed by atoms with Gasteiger partial charge in [-0.05, 0) is 61.7 Å². The lowest BCUT2D eigenvalue weighted by atomic mass is 10.0. The van der Waals surface area contributed by atoms with Gasteiger partial charge in [-0.2, -0.15) is 4.31 Å². The maximum atomic E-state index is 12.9. The number of anilines is 1. The first-order chi connectivity index (χ1) is 13.0. The minimum absolute atomic E-state index is 0.0647. The zero-order chi connectivity index (χ0) is 19.3. The van der Waals surface area contributed by atoms with E-state index in [0.29, 0.717) is 18.0 Å². The molecule has 2 aromatic rings. The van der Waals surface area contributed by atoms with E-state index in [9.17, 15) is 13.2 Å². The van der Waals surface area contributed by atoms with Gasteiger partial charge in [-0.1, -0.05) is 13.3 Å². The number of sulfonamides is 1. The number of amides is 1. The maximum Gasteiger partial charge on any atom is 0.248 e. The molecule has 1 aliphatic rings. The largest absolute Gasteiger partial charge is 0.465 e. The molecule has 0 radical (unpaired) electrons. The maximum absolute atomic E-state index is 12.9. The number of nitrogens with zero attached hydrogens (tertiary/aromatic N) is 1. The van der Waals surface area contributed by atoms with Crippen LogP contribution >= 0.6 is 0 Å². The van der Waals surface area contributed by atoms with Crippen LogP contribution in [0.5, 0.6) is 0 Å². The summed E-state index contributed by atoms with van der Waals surface area (Å²) >= 11 is 0. The number of hydrogen-bond acceptors (Lipinski definition) is 4. The van der Waals surface area contributed by atoms with Gasteiger partial charge in [0.2, 0.25) is 15.9 Å². The Morgan fingerprint density at radius 1 is 1.26 bits per heavy atom. The van der Waals surface area contributed by atoms with Crippen LogP contribution in [0.2, 0.25) is 0 Å². The Bertz CT molecular complexity index is 887. The molecule has 1 fully saturated rings. The zero-order valence-corrected chi connectivity index (χ0v) is 16.1. The number of nitrogens with one attached hydrogen (secondary N) is 1. The Hall–Kier alpha value is -2.38. The molecule has 1 atom stereocenters. The summed E-state index contributed by atoms with van der Waals surface area (Å²) in [5.74, 6) is 0.266. The molecule has 0 aliphatic carbocycles. The van der Waals surface area contributed by atoms with E-state index in [-0.39, 0.29) is 16.8 Å². The highest BCUT2D eigenvalue weighted by Crippen LogP contribution is 2.27. The predicted molar refractivity (Wildman–Crippen MR) is 105 cm³/mol. The highest BCUT2D eigenvalue weighted by atomic mass is 32.2. The van der Waals surface area contributed by atoms with Crippen molar-refractivity contribution in [1.29, 1.82) is 0 Å². The monoisotopic (exact) mass is 388 g/mol. The first-order valence-electron chi connectivity index (χ1n) is 9.15. The van der Waals surface area contributed by atoms with Crippen molar-refractivity contribution in [1.82, 2.24) is 4.31 Å². The van der Waals surface area contributed by atoms with Gasteiger partial charge in [0.15, 0.2) is 0 Å². The quantitative estimate of drug-likeness (QED) is 0.762. The van der Waals surface area contributed by atoms with Gasteiger partial charge in [-0.25, -0.2) is 8.42 Å². The average Bonchev–Trinajstić information content (AvgIpc) is 3.20. The van der Waals surface area contributed by atoms with Crippen LogP contribution in [-0.2, 0) is 14.8 Å². The molecule has 144 valence electrons. The number of rotatable bonds is 6. The molecule has 27 heavy (non-hydrogen) atoms. The van der Waals surface area contributed by atoms with Crippen molar-refractivity contribution < 1.29 is 17.6 Å². The minimum atomic E-state index is -3.51. The Morgan fingerprint density at radius 2 is 2.04 bits per heavy atom. The summed E-state index contributed by atoms with van der Waals surface area (Å²) in [5.41, 5.74) is 0.536. The second kappa shape index (κ2) is 8.54. The summed E-state index contributed by atoms with van der Waals surface area (Å²) in [5, 5.41) is 2.71. The van der Waals surface area contributed by atoms with Gasteiger partial charge in [-0.15, -0.1) is 0 Å². The van der Waals surface area contributed by atoms with E-state index in [1.807, 2.05) is 6.92 Å². The standard InChI is InChI=1S/C20H24N2O4S/c1-2-17-6-3-4-14-22(17)27(24,25)19-11-8-16(9-12-19)21-20(23)13-10-18-7-5-15-26-18/h5,7-13,15,17H,2-4,6,14H2,1H3,(H,21,23)/b13-10+/t17-/m1/s1. The second-order valence-corrected chi connectivity index (χ2v) is 8.43. The Morgan fingerprint density at radius 3 is 2.70 bits per heavy atom. The fourth-order valence-corrected chi connectivity index (χ4v) is 5.04. The Balaban J connectivity index is 1.68. The van der Waals surface area contributed by atoms with Crippen LogP contribution in [0.1, 0.15) is 38.4 Å². The topological polar surface area (TPSA) is 79.6 Å². The van der Waals surface area contributed by atoms with Crippen LogP contribution in [0.25, 0.3) is 6.08 Å². The number of furan rings is 1. The van der Waals surface area contributed by atoms with E-state index in [1.54, 1.807) is 46.8 Å². The van der Waals surface area contributed by atoms with Crippen molar-refractivity contribution >= 4 is 27.7 Å². The third kappa shape index (κ3) is 4.67. The third-order valence-corrected chi connectivity index (χ3v) is 6.68. The number of carbonyl (C=O) groups is 1.